The molecule has 150 valence electrons. The van der Waals surface area contributed by atoms with Crippen LogP contribution in [0.4, 0.5) is 10.1 Å². The lowest BCUT2D eigenvalue weighted by molar-refractivity contribution is -0.151. The second-order valence-corrected chi connectivity index (χ2v) is 7.72. The molecule has 0 spiro atoms. The van der Waals surface area contributed by atoms with Crippen molar-refractivity contribution < 1.29 is 27.1 Å². The number of halogens is 1. The van der Waals surface area contributed by atoms with Crippen molar-refractivity contribution in [1.82, 2.24) is 4.72 Å². The van der Waals surface area contributed by atoms with Crippen molar-refractivity contribution in [1.29, 1.82) is 0 Å². The van der Waals surface area contributed by atoms with Gasteiger partial charge in [-0.15, -0.1) is 0 Å². The van der Waals surface area contributed by atoms with Crippen LogP contribution in [0.2, 0.25) is 0 Å². The molecule has 0 unspecified atom stereocenters. The average molecular weight is 408 g/mol. The molecule has 0 heterocycles. The summed E-state index contributed by atoms with van der Waals surface area (Å²) in [6, 6.07) is 11.6. The molecule has 7 nitrogen and oxygen atoms in total. The van der Waals surface area contributed by atoms with Gasteiger partial charge in [0.15, 0.2) is 6.10 Å². The summed E-state index contributed by atoms with van der Waals surface area (Å²) >= 11 is 0. The van der Waals surface area contributed by atoms with Crippen LogP contribution in [0.1, 0.15) is 19.4 Å². The molecular formula is C19H21FN2O5S. The Hall–Kier alpha value is -2.78. The van der Waals surface area contributed by atoms with Crippen LogP contribution in [0, 0.1) is 5.82 Å². The van der Waals surface area contributed by atoms with Crippen molar-refractivity contribution in [2.75, 3.05) is 11.9 Å². The normalized spacial score (nSPS) is 12.2. The number of carbonyl (C=O) groups is 2. The molecule has 1 atom stereocenters. The Morgan fingerprint density at radius 3 is 2.43 bits per heavy atom. The number of amides is 1. The van der Waals surface area contributed by atoms with Crippen LogP contribution in [0.3, 0.4) is 0 Å². The van der Waals surface area contributed by atoms with Gasteiger partial charge in [-0.05, 0) is 49.2 Å². The van der Waals surface area contributed by atoms with E-state index in [0.29, 0.717) is 5.69 Å². The standard InChI is InChI=1S/C19H21FN2O5S/c1-3-14-7-9-16(10-8-14)22-19(24)13(2)27-18(23)12-21-28(25,26)17-6-4-5-15(20)11-17/h4-11,13,21H,3,12H2,1-2H3,(H,22,24)/t13-/m0/s1. The summed E-state index contributed by atoms with van der Waals surface area (Å²) in [5, 5.41) is 2.61. The Labute approximate surface area is 163 Å². The SMILES string of the molecule is CCc1ccc(NC(=O)[C@H](C)OC(=O)CNS(=O)(=O)c2cccc(F)c2)cc1. The molecule has 0 aromatic heterocycles. The van der Waals surface area contributed by atoms with E-state index in [0.717, 1.165) is 24.1 Å². The van der Waals surface area contributed by atoms with Crippen LogP contribution < -0.4 is 10.0 Å². The molecule has 0 aliphatic heterocycles. The Bertz CT molecular complexity index is 945. The van der Waals surface area contributed by atoms with E-state index in [1.54, 1.807) is 12.1 Å². The third kappa shape index (κ3) is 6.14. The summed E-state index contributed by atoms with van der Waals surface area (Å²) in [6.45, 7) is 2.69. The fourth-order valence-corrected chi connectivity index (χ4v) is 3.23. The van der Waals surface area contributed by atoms with Gasteiger partial charge in [0.1, 0.15) is 12.4 Å². The zero-order valence-corrected chi connectivity index (χ0v) is 16.3. The molecule has 0 saturated heterocycles. The molecule has 2 N–H and O–H groups in total. The van der Waals surface area contributed by atoms with Crippen molar-refractivity contribution in [2.45, 2.75) is 31.3 Å². The lowest BCUT2D eigenvalue weighted by Crippen LogP contribution is -2.35. The molecule has 2 aromatic rings. The highest BCUT2D eigenvalue weighted by Gasteiger charge is 2.21. The lowest BCUT2D eigenvalue weighted by atomic mass is 10.1. The number of hydrogen-bond acceptors (Lipinski definition) is 5. The van der Waals surface area contributed by atoms with Crippen LogP contribution in [0.15, 0.2) is 53.4 Å². The number of rotatable bonds is 8. The number of hydrogen-bond donors (Lipinski definition) is 2. The minimum atomic E-state index is -4.08. The Balaban J connectivity index is 1.86. The quantitative estimate of drug-likeness (QED) is 0.653. The molecule has 2 rings (SSSR count). The summed E-state index contributed by atoms with van der Waals surface area (Å²) in [7, 11) is -4.08. The topological polar surface area (TPSA) is 102 Å². The maximum absolute atomic E-state index is 13.2. The molecule has 9 heteroatoms. The third-order valence-corrected chi connectivity index (χ3v) is 5.22. The number of benzene rings is 2. The summed E-state index contributed by atoms with van der Waals surface area (Å²) in [4.78, 5) is 23.6. The largest absolute Gasteiger partial charge is 0.452 e. The number of nitrogens with one attached hydrogen (secondary N) is 2. The fourth-order valence-electron chi connectivity index (χ4n) is 2.23. The first kappa shape index (κ1) is 21.5. The summed E-state index contributed by atoms with van der Waals surface area (Å²) in [6.07, 6.45) is -0.259. The Morgan fingerprint density at radius 2 is 1.82 bits per heavy atom. The van der Waals surface area contributed by atoms with Gasteiger partial charge in [-0.25, -0.2) is 12.8 Å². The first-order valence-electron chi connectivity index (χ1n) is 8.56. The van der Waals surface area contributed by atoms with Crippen LogP contribution >= 0.6 is 0 Å². The first-order valence-corrected chi connectivity index (χ1v) is 10.0. The third-order valence-electron chi connectivity index (χ3n) is 3.82. The van der Waals surface area contributed by atoms with Crippen LogP contribution in [0.25, 0.3) is 0 Å². The van der Waals surface area contributed by atoms with Crippen LogP contribution in [-0.4, -0.2) is 32.9 Å². The van der Waals surface area contributed by atoms with Gasteiger partial charge >= 0.3 is 5.97 Å². The van der Waals surface area contributed by atoms with E-state index in [1.807, 2.05) is 23.8 Å². The average Bonchev–Trinajstić information content (AvgIpc) is 2.67. The van der Waals surface area contributed by atoms with E-state index >= 15 is 0 Å². The number of carbonyl (C=O) groups excluding carboxylic acids is 2. The van der Waals surface area contributed by atoms with E-state index in [4.69, 9.17) is 4.74 Å². The predicted molar refractivity (Wildman–Crippen MR) is 102 cm³/mol. The number of aryl methyl sites for hydroxylation is 1. The first-order chi connectivity index (χ1) is 13.2. The van der Waals surface area contributed by atoms with Gasteiger partial charge in [0.05, 0.1) is 4.90 Å². The molecule has 0 radical (unpaired) electrons. The molecule has 1 amide bonds. The number of sulfonamides is 1. The van der Waals surface area contributed by atoms with Crippen LogP contribution in [-0.2, 0) is 30.8 Å². The maximum Gasteiger partial charge on any atom is 0.321 e. The van der Waals surface area contributed by atoms with Crippen molar-refractivity contribution in [2.24, 2.45) is 0 Å². The van der Waals surface area contributed by atoms with Gasteiger partial charge in [0.25, 0.3) is 5.91 Å². The van der Waals surface area contributed by atoms with Gasteiger partial charge in [0.2, 0.25) is 10.0 Å². The highest BCUT2D eigenvalue weighted by atomic mass is 32.2. The van der Waals surface area contributed by atoms with Crippen molar-refractivity contribution in [3.05, 3.63) is 59.9 Å². The van der Waals surface area contributed by atoms with Crippen molar-refractivity contribution in [3.8, 4) is 0 Å². The molecule has 0 bridgehead atoms. The van der Waals surface area contributed by atoms with Gasteiger partial charge in [-0.1, -0.05) is 25.1 Å². The lowest BCUT2D eigenvalue weighted by Gasteiger charge is -2.14. The van der Waals surface area contributed by atoms with E-state index in [9.17, 15) is 22.4 Å². The fraction of sp³-hybridized carbons (Fsp3) is 0.263. The van der Waals surface area contributed by atoms with Gasteiger partial charge < -0.3 is 10.1 Å². The van der Waals surface area contributed by atoms with E-state index < -0.39 is 40.4 Å². The van der Waals surface area contributed by atoms with Crippen LogP contribution in [0.5, 0.6) is 0 Å². The molecular weight excluding hydrogens is 387 g/mol. The van der Waals surface area contributed by atoms with Gasteiger partial charge in [-0.3, -0.25) is 9.59 Å². The molecule has 0 aliphatic rings. The minimum absolute atomic E-state index is 0.318. The zero-order chi connectivity index (χ0) is 20.7. The molecule has 0 aliphatic carbocycles. The maximum atomic E-state index is 13.2. The number of ether oxygens (including phenoxy) is 1. The predicted octanol–water partition coefficient (Wildman–Crippen LogP) is 2.24. The van der Waals surface area contributed by atoms with Crippen molar-refractivity contribution in [3.63, 3.8) is 0 Å². The molecule has 0 fully saturated rings. The summed E-state index contributed by atoms with van der Waals surface area (Å²) in [5.74, 6) is -2.21. The van der Waals surface area contributed by atoms with E-state index in [1.165, 1.54) is 19.1 Å². The highest BCUT2D eigenvalue weighted by molar-refractivity contribution is 7.89. The van der Waals surface area contributed by atoms with Crippen molar-refractivity contribution >= 4 is 27.6 Å². The Kier molecular flexibility index (Phi) is 7.24. The van der Waals surface area contributed by atoms with Gasteiger partial charge in [-0.2, -0.15) is 4.72 Å². The molecule has 0 saturated carbocycles. The molecule has 2 aromatic carbocycles. The monoisotopic (exact) mass is 408 g/mol. The minimum Gasteiger partial charge on any atom is -0.452 e. The summed E-state index contributed by atoms with van der Waals surface area (Å²) in [5.41, 5.74) is 1.67. The van der Waals surface area contributed by atoms with Gasteiger partial charge in [0, 0.05) is 5.69 Å². The van der Waals surface area contributed by atoms with E-state index in [2.05, 4.69) is 5.32 Å². The number of anilines is 1. The highest BCUT2D eigenvalue weighted by Crippen LogP contribution is 2.12. The zero-order valence-electron chi connectivity index (χ0n) is 15.4. The smallest absolute Gasteiger partial charge is 0.321 e. The molecule has 28 heavy (non-hydrogen) atoms. The summed E-state index contributed by atoms with van der Waals surface area (Å²) < 4.78 is 44.2. The van der Waals surface area contributed by atoms with E-state index in [-0.39, 0.29) is 4.90 Å². The second-order valence-electron chi connectivity index (χ2n) is 5.95. The number of esters is 1. The Morgan fingerprint density at radius 1 is 1.14 bits per heavy atom. The second kappa shape index (κ2) is 9.43.